The highest BCUT2D eigenvalue weighted by atomic mass is 16.5. The molecule has 19 heavy (non-hydrogen) atoms. The van der Waals surface area contributed by atoms with Crippen molar-refractivity contribution in [2.75, 3.05) is 59.3 Å². The van der Waals surface area contributed by atoms with Crippen LogP contribution in [0.3, 0.4) is 0 Å². The van der Waals surface area contributed by atoms with E-state index >= 15 is 0 Å². The third kappa shape index (κ3) is 13.3. The van der Waals surface area contributed by atoms with Crippen molar-refractivity contribution < 1.29 is 14.2 Å². The van der Waals surface area contributed by atoms with E-state index in [4.69, 9.17) is 14.2 Å². The molecule has 0 aliphatic carbocycles. The molecule has 0 rings (SSSR count). The zero-order valence-corrected chi connectivity index (χ0v) is 11.9. The molecule has 0 spiro atoms. The van der Waals surface area contributed by atoms with Crippen molar-refractivity contribution in [1.82, 2.24) is 4.90 Å². The number of hydrogen-bond donors (Lipinski definition) is 0. The maximum Gasteiger partial charge on any atom is 0.0645 e. The third-order valence-electron chi connectivity index (χ3n) is 2.36. The van der Waals surface area contributed by atoms with Gasteiger partial charge in [0.1, 0.15) is 0 Å². The fourth-order valence-corrected chi connectivity index (χ4v) is 1.42. The van der Waals surface area contributed by atoms with Crippen LogP contribution < -0.4 is 0 Å². The van der Waals surface area contributed by atoms with E-state index in [2.05, 4.69) is 24.6 Å². The maximum absolute atomic E-state index is 5.39. The Bertz CT molecular complexity index is 193. The van der Waals surface area contributed by atoms with Crippen molar-refractivity contribution >= 4 is 0 Å². The summed E-state index contributed by atoms with van der Waals surface area (Å²) in [5.41, 5.74) is 0. The maximum atomic E-state index is 5.39. The molecule has 0 aromatic carbocycles. The molecule has 0 atom stereocenters. The van der Waals surface area contributed by atoms with Crippen LogP contribution in [0.5, 0.6) is 0 Å². The van der Waals surface area contributed by atoms with Crippen molar-refractivity contribution in [3.63, 3.8) is 0 Å². The lowest BCUT2D eigenvalue weighted by molar-refractivity contribution is 0.0692. The van der Waals surface area contributed by atoms with Gasteiger partial charge in [-0.1, -0.05) is 18.2 Å². The minimum Gasteiger partial charge on any atom is -0.376 e. The molecular weight excluding hydrogens is 242 g/mol. The molecule has 0 fully saturated rings. The smallest absolute Gasteiger partial charge is 0.0645 e. The van der Waals surface area contributed by atoms with Crippen molar-refractivity contribution in [1.29, 1.82) is 0 Å². The molecule has 0 amide bonds. The molecule has 0 saturated carbocycles. The normalized spacial score (nSPS) is 10.6. The first-order chi connectivity index (χ1) is 9.35. The lowest BCUT2D eigenvalue weighted by atomic mass is 10.4. The van der Waals surface area contributed by atoms with E-state index in [0.717, 1.165) is 19.6 Å². The predicted molar refractivity (Wildman–Crippen MR) is 79.5 cm³/mol. The van der Waals surface area contributed by atoms with E-state index in [1.54, 1.807) is 18.2 Å². The first-order valence-corrected chi connectivity index (χ1v) is 6.63. The van der Waals surface area contributed by atoms with Crippen LogP contribution in [0.2, 0.25) is 0 Å². The summed E-state index contributed by atoms with van der Waals surface area (Å²) >= 11 is 0. The number of rotatable bonds is 15. The molecule has 0 heterocycles. The van der Waals surface area contributed by atoms with Gasteiger partial charge in [0, 0.05) is 19.6 Å². The van der Waals surface area contributed by atoms with Crippen LogP contribution in [0.1, 0.15) is 0 Å². The average Bonchev–Trinajstić information content (AvgIpc) is 2.43. The van der Waals surface area contributed by atoms with Gasteiger partial charge in [0.25, 0.3) is 0 Å². The lowest BCUT2D eigenvalue weighted by Gasteiger charge is -2.21. The SMILES string of the molecule is C=CCOCCN(CCOCC=C)CCOCC=C. The summed E-state index contributed by atoms with van der Waals surface area (Å²) in [4.78, 5) is 2.26. The summed E-state index contributed by atoms with van der Waals surface area (Å²) in [6.45, 7) is 17.3. The molecule has 0 unspecified atom stereocenters. The van der Waals surface area contributed by atoms with Crippen molar-refractivity contribution in [3.05, 3.63) is 38.0 Å². The van der Waals surface area contributed by atoms with E-state index in [0.29, 0.717) is 39.6 Å². The zero-order chi connectivity index (χ0) is 14.2. The Morgan fingerprint density at radius 2 is 0.947 bits per heavy atom. The Kier molecular flexibility index (Phi) is 14.4. The number of nitrogens with zero attached hydrogens (tertiary/aromatic N) is 1. The quantitative estimate of drug-likeness (QED) is 0.335. The minimum absolute atomic E-state index is 0.591. The highest BCUT2D eigenvalue weighted by Crippen LogP contribution is 1.91. The largest absolute Gasteiger partial charge is 0.376 e. The molecular formula is C15H27NO3. The van der Waals surface area contributed by atoms with Gasteiger partial charge in [-0.25, -0.2) is 0 Å². The molecule has 0 aromatic heterocycles. The molecule has 0 saturated heterocycles. The Hall–Kier alpha value is -0.940. The van der Waals surface area contributed by atoms with Gasteiger partial charge < -0.3 is 14.2 Å². The van der Waals surface area contributed by atoms with Crippen LogP contribution in [-0.4, -0.2) is 64.2 Å². The minimum atomic E-state index is 0.591. The predicted octanol–water partition coefficient (Wildman–Crippen LogP) is 1.90. The molecule has 0 aliphatic rings. The average molecular weight is 269 g/mol. The first kappa shape index (κ1) is 18.1. The van der Waals surface area contributed by atoms with E-state index in [-0.39, 0.29) is 0 Å². The molecule has 0 radical (unpaired) electrons. The Balaban J connectivity index is 3.74. The Labute approximate surface area is 117 Å². The highest BCUT2D eigenvalue weighted by Gasteiger charge is 2.04. The number of ether oxygens (including phenoxy) is 3. The van der Waals surface area contributed by atoms with Gasteiger partial charge in [-0.15, -0.1) is 19.7 Å². The van der Waals surface area contributed by atoms with Gasteiger partial charge in [-0.05, 0) is 0 Å². The molecule has 0 aliphatic heterocycles. The van der Waals surface area contributed by atoms with Gasteiger partial charge in [0.2, 0.25) is 0 Å². The first-order valence-electron chi connectivity index (χ1n) is 6.63. The van der Waals surface area contributed by atoms with Crippen LogP contribution >= 0.6 is 0 Å². The summed E-state index contributed by atoms with van der Waals surface area (Å²) in [6, 6.07) is 0. The van der Waals surface area contributed by atoms with Crippen LogP contribution in [0.25, 0.3) is 0 Å². The second kappa shape index (κ2) is 15.1. The summed E-state index contributed by atoms with van der Waals surface area (Å²) in [7, 11) is 0. The Morgan fingerprint density at radius 1 is 0.632 bits per heavy atom. The zero-order valence-electron chi connectivity index (χ0n) is 11.9. The van der Waals surface area contributed by atoms with Gasteiger partial charge in [0.05, 0.1) is 39.6 Å². The fourth-order valence-electron chi connectivity index (χ4n) is 1.42. The summed E-state index contributed by atoms with van der Waals surface area (Å²) in [6.07, 6.45) is 5.26. The third-order valence-corrected chi connectivity index (χ3v) is 2.36. The van der Waals surface area contributed by atoms with Crippen molar-refractivity contribution in [3.8, 4) is 0 Å². The van der Waals surface area contributed by atoms with Crippen LogP contribution in [0.4, 0.5) is 0 Å². The monoisotopic (exact) mass is 269 g/mol. The standard InChI is InChI=1S/C15H27NO3/c1-4-10-17-13-7-16(8-14-18-11-5-2)9-15-19-12-6-3/h4-6H,1-3,7-15H2. The van der Waals surface area contributed by atoms with Gasteiger partial charge in [-0.2, -0.15) is 0 Å². The second-order valence-corrected chi connectivity index (χ2v) is 3.93. The summed E-state index contributed by atoms with van der Waals surface area (Å²) in [5, 5.41) is 0. The summed E-state index contributed by atoms with van der Waals surface area (Å²) in [5.74, 6) is 0. The Morgan fingerprint density at radius 3 is 1.21 bits per heavy atom. The van der Waals surface area contributed by atoms with Gasteiger partial charge in [0.15, 0.2) is 0 Å². The summed E-state index contributed by atoms with van der Waals surface area (Å²) < 4.78 is 16.2. The van der Waals surface area contributed by atoms with Crippen molar-refractivity contribution in [2.24, 2.45) is 0 Å². The fraction of sp³-hybridized carbons (Fsp3) is 0.600. The van der Waals surface area contributed by atoms with Crippen LogP contribution in [0, 0.1) is 0 Å². The van der Waals surface area contributed by atoms with Gasteiger partial charge >= 0.3 is 0 Å². The van der Waals surface area contributed by atoms with Gasteiger partial charge in [-0.3, -0.25) is 4.90 Å². The van der Waals surface area contributed by atoms with E-state index < -0.39 is 0 Å². The number of hydrogen-bond acceptors (Lipinski definition) is 4. The lowest BCUT2D eigenvalue weighted by Crippen LogP contribution is -2.34. The molecule has 0 bridgehead atoms. The molecule has 4 heteroatoms. The van der Waals surface area contributed by atoms with Crippen LogP contribution in [-0.2, 0) is 14.2 Å². The van der Waals surface area contributed by atoms with E-state index in [1.165, 1.54) is 0 Å². The molecule has 110 valence electrons. The van der Waals surface area contributed by atoms with E-state index in [9.17, 15) is 0 Å². The van der Waals surface area contributed by atoms with Crippen molar-refractivity contribution in [2.45, 2.75) is 0 Å². The second-order valence-electron chi connectivity index (χ2n) is 3.93. The molecule has 0 aromatic rings. The molecule has 0 N–H and O–H groups in total. The van der Waals surface area contributed by atoms with Crippen LogP contribution in [0.15, 0.2) is 38.0 Å². The topological polar surface area (TPSA) is 30.9 Å². The molecule has 4 nitrogen and oxygen atoms in total. The van der Waals surface area contributed by atoms with E-state index in [1.807, 2.05) is 0 Å². The highest BCUT2D eigenvalue weighted by molar-refractivity contribution is 4.67.